The van der Waals surface area contributed by atoms with Crippen molar-refractivity contribution in [1.82, 2.24) is 5.32 Å². The van der Waals surface area contributed by atoms with Crippen LogP contribution in [0.1, 0.15) is 51.2 Å². The van der Waals surface area contributed by atoms with Gasteiger partial charge in [0.05, 0.1) is 6.04 Å². The number of aliphatic hydroxyl groups excluding tert-OH is 1. The second-order valence-electron chi connectivity index (χ2n) is 4.92. The molecule has 17 heavy (non-hydrogen) atoms. The van der Waals surface area contributed by atoms with Gasteiger partial charge in [-0.05, 0) is 38.8 Å². The van der Waals surface area contributed by atoms with Gasteiger partial charge >= 0.3 is 0 Å². The Morgan fingerprint density at radius 3 is 2.41 bits per heavy atom. The van der Waals surface area contributed by atoms with Gasteiger partial charge in [-0.3, -0.25) is 0 Å². The zero-order chi connectivity index (χ0) is 12.9. The molecule has 0 aliphatic rings. The molecule has 1 aromatic heterocycles. The van der Waals surface area contributed by atoms with E-state index in [1.54, 1.807) is 0 Å². The SMILES string of the molecule is CCC(CC)(CO)CNC(C)c1ccc(C)o1. The first-order valence-electron chi connectivity index (χ1n) is 6.47. The average Bonchev–Trinajstić information content (AvgIpc) is 2.78. The van der Waals surface area contributed by atoms with Crippen LogP contribution < -0.4 is 5.32 Å². The van der Waals surface area contributed by atoms with Gasteiger partial charge in [0.25, 0.3) is 0 Å². The van der Waals surface area contributed by atoms with Crippen molar-refractivity contribution in [2.24, 2.45) is 5.41 Å². The van der Waals surface area contributed by atoms with E-state index in [1.165, 1.54) is 0 Å². The maximum Gasteiger partial charge on any atom is 0.120 e. The van der Waals surface area contributed by atoms with Gasteiger partial charge in [-0.1, -0.05) is 13.8 Å². The van der Waals surface area contributed by atoms with Crippen molar-refractivity contribution >= 4 is 0 Å². The molecule has 0 amide bonds. The molecule has 0 bridgehead atoms. The van der Waals surface area contributed by atoms with Crippen LogP contribution in [0.3, 0.4) is 0 Å². The Hall–Kier alpha value is -0.800. The molecule has 1 unspecified atom stereocenters. The van der Waals surface area contributed by atoms with Crippen LogP contribution in [0, 0.1) is 12.3 Å². The molecular formula is C14H25NO2. The van der Waals surface area contributed by atoms with E-state index in [9.17, 15) is 5.11 Å². The van der Waals surface area contributed by atoms with Crippen LogP contribution in [0.15, 0.2) is 16.5 Å². The van der Waals surface area contributed by atoms with Crippen LogP contribution >= 0.6 is 0 Å². The molecular weight excluding hydrogens is 214 g/mol. The summed E-state index contributed by atoms with van der Waals surface area (Å²) in [5, 5.41) is 13.0. The van der Waals surface area contributed by atoms with E-state index in [-0.39, 0.29) is 18.1 Å². The molecule has 0 radical (unpaired) electrons. The van der Waals surface area contributed by atoms with E-state index < -0.39 is 0 Å². The Morgan fingerprint density at radius 2 is 2.00 bits per heavy atom. The number of hydrogen-bond acceptors (Lipinski definition) is 3. The lowest BCUT2D eigenvalue weighted by Gasteiger charge is -2.30. The third kappa shape index (κ3) is 3.58. The normalized spacial score (nSPS) is 13.9. The first kappa shape index (κ1) is 14.3. The molecule has 1 atom stereocenters. The fourth-order valence-electron chi connectivity index (χ4n) is 1.94. The molecule has 3 nitrogen and oxygen atoms in total. The summed E-state index contributed by atoms with van der Waals surface area (Å²) in [6.45, 7) is 9.35. The lowest BCUT2D eigenvalue weighted by molar-refractivity contribution is 0.109. The van der Waals surface area contributed by atoms with E-state index in [4.69, 9.17) is 4.42 Å². The summed E-state index contributed by atoms with van der Waals surface area (Å²) < 4.78 is 5.59. The third-order valence-electron chi connectivity index (χ3n) is 3.81. The number of aliphatic hydroxyl groups is 1. The van der Waals surface area contributed by atoms with Gasteiger partial charge < -0.3 is 14.8 Å². The molecule has 0 aromatic carbocycles. The quantitative estimate of drug-likeness (QED) is 0.768. The van der Waals surface area contributed by atoms with Crippen LogP contribution in [0.4, 0.5) is 0 Å². The van der Waals surface area contributed by atoms with Crippen molar-refractivity contribution in [1.29, 1.82) is 0 Å². The van der Waals surface area contributed by atoms with Crippen LogP contribution in [-0.4, -0.2) is 18.3 Å². The molecule has 1 rings (SSSR count). The Labute approximate surface area is 104 Å². The number of aryl methyl sites for hydroxylation is 1. The van der Waals surface area contributed by atoms with Crippen LogP contribution in [0.25, 0.3) is 0 Å². The zero-order valence-electron chi connectivity index (χ0n) is 11.4. The van der Waals surface area contributed by atoms with Crippen molar-refractivity contribution in [2.75, 3.05) is 13.2 Å². The second-order valence-corrected chi connectivity index (χ2v) is 4.92. The molecule has 0 spiro atoms. The minimum absolute atomic E-state index is 0.00407. The van der Waals surface area contributed by atoms with Crippen LogP contribution in [0.2, 0.25) is 0 Å². The maximum absolute atomic E-state index is 9.50. The largest absolute Gasteiger partial charge is 0.465 e. The molecule has 3 heteroatoms. The van der Waals surface area contributed by atoms with E-state index >= 15 is 0 Å². The first-order valence-corrected chi connectivity index (χ1v) is 6.47. The fourth-order valence-corrected chi connectivity index (χ4v) is 1.94. The average molecular weight is 239 g/mol. The van der Waals surface area contributed by atoms with Crippen molar-refractivity contribution < 1.29 is 9.52 Å². The Morgan fingerprint density at radius 1 is 1.35 bits per heavy atom. The smallest absolute Gasteiger partial charge is 0.120 e. The molecule has 1 heterocycles. The molecule has 2 N–H and O–H groups in total. The highest BCUT2D eigenvalue weighted by Crippen LogP contribution is 2.26. The van der Waals surface area contributed by atoms with Crippen molar-refractivity contribution in [3.8, 4) is 0 Å². The van der Waals surface area contributed by atoms with Crippen molar-refractivity contribution in [3.63, 3.8) is 0 Å². The topological polar surface area (TPSA) is 45.4 Å². The third-order valence-corrected chi connectivity index (χ3v) is 3.81. The number of hydrogen-bond donors (Lipinski definition) is 2. The summed E-state index contributed by atoms with van der Waals surface area (Å²) in [7, 11) is 0. The summed E-state index contributed by atoms with van der Waals surface area (Å²) in [5.41, 5.74) is -0.00407. The van der Waals surface area contributed by atoms with Crippen molar-refractivity contribution in [3.05, 3.63) is 23.7 Å². The molecule has 0 saturated carbocycles. The lowest BCUT2D eigenvalue weighted by Crippen LogP contribution is -2.37. The summed E-state index contributed by atoms with van der Waals surface area (Å²) in [5.74, 6) is 1.90. The number of furan rings is 1. The van der Waals surface area contributed by atoms with Gasteiger partial charge in [-0.15, -0.1) is 0 Å². The Kier molecular flexibility index (Phi) is 5.22. The molecule has 1 aromatic rings. The highest BCUT2D eigenvalue weighted by Gasteiger charge is 2.26. The standard InChI is InChI=1S/C14H25NO2/c1-5-14(6-2,10-16)9-15-12(4)13-8-7-11(3)17-13/h7-8,12,15-16H,5-6,9-10H2,1-4H3. The van der Waals surface area contributed by atoms with Gasteiger partial charge in [0.1, 0.15) is 11.5 Å². The van der Waals surface area contributed by atoms with Crippen LogP contribution in [-0.2, 0) is 0 Å². The zero-order valence-corrected chi connectivity index (χ0v) is 11.4. The lowest BCUT2D eigenvalue weighted by atomic mass is 9.83. The summed E-state index contributed by atoms with van der Waals surface area (Å²) in [6, 6.07) is 4.17. The number of nitrogens with one attached hydrogen (secondary N) is 1. The molecule has 0 fully saturated rings. The molecule has 0 saturated heterocycles. The maximum atomic E-state index is 9.50. The highest BCUT2D eigenvalue weighted by atomic mass is 16.3. The predicted molar refractivity (Wildman–Crippen MR) is 70.0 cm³/mol. The monoisotopic (exact) mass is 239 g/mol. The Balaban J connectivity index is 2.55. The Bertz CT molecular complexity index is 320. The first-order chi connectivity index (χ1) is 8.06. The highest BCUT2D eigenvalue weighted by molar-refractivity contribution is 5.08. The van der Waals surface area contributed by atoms with E-state index in [2.05, 4.69) is 26.1 Å². The molecule has 0 aliphatic carbocycles. The fraction of sp³-hybridized carbons (Fsp3) is 0.714. The van der Waals surface area contributed by atoms with Crippen molar-refractivity contribution in [2.45, 2.75) is 46.6 Å². The van der Waals surface area contributed by atoms with Gasteiger partial charge in [0.15, 0.2) is 0 Å². The van der Waals surface area contributed by atoms with Crippen LogP contribution in [0.5, 0.6) is 0 Å². The van der Waals surface area contributed by atoms with E-state index in [1.807, 2.05) is 19.1 Å². The van der Waals surface area contributed by atoms with Gasteiger partial charge in [-0.25, -0.2) is 0 Å². The summed E-state index contributed by atoms with van der Waals surface area (Å²) in [6.07, 6.45) is 1.97. The summed E-state index contributed by atoms with van der Waals surface area (Å²) in [4.78, 5) is 0. The summed E-state index contributed by atoms with van der Waals surface area (Å²) >= 11 is 0. The van der Waals surface area contributed by atoms with Gasteiger partial charge in [0, 0.05) is 18.6 Å². The minimum Gasteiger partial charge on any atom is -0.465 e. The number of rotatable bonds is 7. The molecule has 0 aliphatic heterocycles. The van der Waals surface area contributed by atoms with E-state index in [0.717, 1.165) is 30.9 Å². The molecule has 98 valence electrons. The second kappa shape index (κ2) is 6.22. The van der Waals surface area contributed by atoms with Gasteiger partial charge in [-0.2, -0.15) is 0 Å². The van der Waals surface area contributed by atoms with E-state index in [0.29, 0.717) is 0 Å². The predicted octanol–water partition coefficient (Wildman–Crippen LogP) is 3.04. The minimum atomic E-state index is -0.00407. The van der Waals surface area contributed by atoms with Gasteiger partial charge in [0.2, 0.25) is 0 Å².